The predicted octanol–water partition coefficient (Wildman–Crippen LogP) is 3.66. The van der Waals surface area contributed by atoms with Gasteiger partial charge < -0.3 is 15.0 Å². The first kappa shape index (κ1) is 18.9. The molecule has 0 spiro atoms. The molecule has 0 aromatic heterocycles. The van der Waals surface area contributed by atoms with Crippen LogP contribution in [0.1, 0.15) is 30.4 Å². The Bertz CT molecular complexity index is 836. The summed E-state index contributed by atoms with van der Waals surface area (Å²) in [5.74, 6) is -0.0679. The third-order valence-electron chi connectivity index (χ3n) is 4.75. The fraction of sp³-hybridized carbons (Fsp3) is 0.333. The van der Waals surface area contributed by atoms with E-state index < -0.39 is 6.04 Å². The molecule has 2 aromatic rings. The van der Waals surface area contributed by atoms with Gasteiger partial charge in [0.25, 0.3) is 0 Å². The van der Waals surface area contributed by atoms with E-state index in [0.717, 1.165) is 11.1 Å². The van der Waals surface area contributed by atoms with Crippen molar-refractivity contribution >= 4 is 17.5 Å². The van der Waals surface area contributed by atoms with Crippen LogP contribution in [-0.4, -0.2) is 29.9 Å². The number of likely N-dealkylation sites (tertiary alicyclic amines) is 1. The van der Waals surface area contributed by atoms with Crippen LogP contribution in [0.15, 0.2) is 42.5 Å². The number of piperidine rings is 1. The van der Waals surface area contributed by atoms with Gasteiger partial charge in [0.05, 0.1) is 12.8 Å². The molecule has 2 aromatic carbocycles. The van der Waals surface area contributed by atoms with Crippen LogP contribution in [0.5, 0.6) is 5.75 Å². The highest BCUT2D eigenvalue weighted by Crippen LogP contribution is 2.27. The minimum atomic E-state index is -0.568. The third-order valence-corrected chi connectivity index (χ3v) is 4.75. The highest BCUT2D eigenvalue weighted by Gasteiger charge is 2.33. The Morgan fingerprint density at radius 3 is 2.70 bits per heavy atom. The summed E-state index contributed by atoms with van der Waals surface area (Å²) in [6.45, 7) is 2.21. The van der Waals surface area contributed by atoms with E-state index >= 15 is 0 Å². The van der Waals surface area contributed by atoms with Crippen LogP contribution in [-0.2, 0) is 16.1 Å². The molecule has 0 bridgehead atoms. The smallest absolute Gasteiger partial charge is 0.247 e. The van der Waals surface area contributed by atoms with Gasteiger partial charge in [-0.2, -0.15) is 0 Å². The molecule has 1 aliphatic rings. The Kier molecular flexibility index (Phi) is 5.74. The molecule has 1 N–H and O–H groups in total. The van der Waals surface area contributed by atoms with Crippen molar-refractivity contribution in [3.63, 3.8) is 0 Å². The molecular formula is C21H23FN2O3. The lowest BCUT2D eigenvalue weighted by Gasteiger charge is -2.34. The summed E-state index contributed by atoms with van der Waals surface area (Å²) in [5.41, 5.74) is 2.37. The van der Waals surface area contributed by atoms with Crippen molar-refractivity contribution in [3.05, 3.63) is 59.4 Å². The first-order valence-electron chi connectivity index (χ1n) is 8.97. The Labute approximate surface area is 158 Å². The first-order valence-corrected chi connectivity index (χ1v) is 8.97. The second-order valence-corrected chi connectivity index (χ2v) is 6.75. The van der Waals surface area contributed by atoms with E-state index in [2.05, 4.69) is 5.32 Å². The maximum atomic E-state index is 13.1. The second kappa shape index (κ2) is 8.20. The van der Waals surface area contributed by atoms with Crippen LogP contribution in [0.25, 0.3) is 0 Å². The van der Waals surface area contributed by atoms with E-state index in [1.54, 1.807) is 30.2 Å². The molecule has 1 heterocycles. The van der Waals surface area contributed by atoms with Crippen molar-refractivity contribution in [1.29, 1.82) is 0 Å². The van der Waals surface area contributed by atoms with Gasteiger partial charge in [-0.1, -0.05) is 18.2 Å². The quantitative estimate of drug-likeness (QED) is 0.874. The van der Waals surface area contributed by atoms with Crippen LogP contribution in [0, 0.1) is 12.7 Å². The van der Waals surface area contributed by atoms with Crippen LogP contribution in [0.4, 0.5) is 10.1 Å². The number of ether oxygens (including phenoxy) is 1. The predicted molar refractivity (Wildman–Crippen MR) is 101 cm³/mol. The van der Waals surface area contributed by atoms with E-state index in [1.165, 1.54) is 12.1 Å². The number of nitrogens with zero attached hydrogens (tertiary/aromatic N) is 1. The number of benzene rings is 2. The van der Waals surface area contributed by atoms with Gasteiger partial charge in [0.1, 0.15) is 17.6 Å². The topological polar surface area (TPSA) is 58.6 Å². The lowest BCUT2D eigenvalue weighted by Crippen LogP contribution is -2.49. The second-order valence-electron chi connectivity index (χ2n) is 6.75. The van der Waals surface area contributed by atoms with Crippen LogP contribution >= 0.6 is 0 Å². The summed E-state index contributed by atoms with van der Waals surface area (Å²) in [4.78, 5) is 27.0. The normalized spacial score (nSPS) is 16.9. The molecule has 142 valence electrons. The van der Waals surface area contributed by atoms with Crippen molar-refractivity contribution in [2.45, 2.75) is 38.8 Å². The fourth-order valence-electron chi connectivity index (χ4n) is 3.31. The summed E-state index contributed by atoms with van der Waals surface area (Å²) >= 11 is 0. The standard InChI is InChI=1S/C21H23FN2O3/c1-14-6-11-19(27-2)17(12-14)23-21(26)18-4-3-5-20(25)24(18)13-15-7-9-16(22)10-8-15/h6-12,18H,3-5,13H2,1-2H3,(H,23,26). The van der Waals surface area contributed by atoms with Gasteiger partial charge in [-0.05, 0) is 55.2 Å². The molecule has 3 rings (SSSR count). The Morgan fingerprint density at radius 2 is 2.00 bits per heavy atom. The minimum Gasteiger partial charge on any atom is -0.495 e. The van der Waals surface area contributed by atoms with Gasteiger partial charge in [-0.15, -0.1) is 0 Å². The van der Waals surface area contributed by atoms with Crippen molar-refractivity contribution in [3.8, 4) is 5.75 Å². The highest BCUT2D eigenvalue weighted by atomic mass is 19.1. The Morgan fingerprint density at radius 1 is 1.26 bits per heavy atom. The number of carbonyl (C=O) groups is 2. The zero-order chi connectivity index (χ0) is 19.4. The summed E-state index contributed by atoms with van der Waals surface area (Å²) < 4.78 is 18.4. The molecule has 1 atom stereocenters. The Hall–Kier alpha value is -2.89. The van der Waals surface area contributed by atoms with Gasteiger partial charge >= 0.3 is 0 Å². The van der Waals surface area contributed by atoms with Gasteiger partial charge in [-0.25, -0.2) is 4.39 Å². The summed E-state index contributed by atoms with van der Waals surface area (Å²) in [6.07, 6.45) is 1.67. The highest BCUT2D eigenvalue weighted by molar-refractivity contribution is 5.98. The number of hydrogen-bond donors (Lipinski definition) is 1. The van der Waals surface area contributed by atoms with E-state index in [0.29, 0.717) is 30.7 Å². The zero-order valence-corrected chi connectivity index (χ0v) is 15.5. The molecule has 0 radical (unpaired) electrons. The molecular weight excluding hydrogens is 347 g/mol. The largest absolute Gasteiger partial charge is 0.495 e. The van der Waals surface area contributed by atoms with Gasteiger partial charge in [0.15, 0.2) is 0 Å². The molecule has 5 nitrogen and oxygen atoms in total. The molecule has 1 saturated heterocycles. The molecule has 0 aliphatic carbocycles. The average Bonchev–Trinajstić information content (AvgIpc) is 2.65. The molecule has 1 fully saturated rings. The van der Waals surface area contributed by atoms with Crippen molar-refractivity contribution < 1.29 is 18.7 Å². The van der Waals surface area contributed by atoms with Crippen molar-refractivity contribution in [2.75, 3.05) is 12.4 Å². The number of amides is 2. The number of halogens is 1. The summed E-state index contributed by atoms with van der Waals surface area (Å²) in [6, 6.07) is 11.0. The van der Waals surface area contributed by atoms with Crippen LogP contribution in [0.3, 0.4) is 0 Å². The molecule has 6 heteroatoms. The number of methoxy groups -OCH3 is 1. The van der Waals surface area contributed by atoms with E-state index in [1.807, 2.05) is 19.1 Å². The van der Waals surface area contributed by atoms with E-state index in [-0.39, 0.29) is 24.2 Å². The summed E-state index contributed by atoms with van der Waals surface area (Å²) in [5, 5.41) is 2.90. The van der Waals surface area contributed by atoms with E-state index in [9.17, 15) is 14.0 Å². The maximum absolute atomic E-state index is 13.1. The number of aryl methyl sites for hydroxylation is 1. The number of rotatable bonds is 5. The lowest BCUT2D eigenvalue weighted by atomic mass is 9.99. The molecule has 1 unspecified atom stereocenters. The molecule has 1 aliphatic heterocycles. The molecule has 27 heavy (non-hydrogen) atoms. The lowest BCUT2D eigenvalue weighted by molar-refractivity contribution is -0.142. The number of anilines is 1. The van der Waals surface area contributed by atoms with Gasteiger partial charge in [-0.3, -0.25) is 9.59 Å². The maximum Gasteiger partial charge on any atom is 0.247 e. The van der Waals surface area contributed by atoms with Crippen molar-refractivity contribution in [2.24, 2.45) is 0 Å². The monoisotopic (exact) mass is 370 g/mol. The SMILES string of the molecule is COc1ccc(C)cc1NC(=O)C1CCCC(=O)N1Cc1ccc(F)cc1. The summed E-state index contributed by atoms with van der Waals surface area (Å²) in [7, 11) is 1.55. The third kappa shape index (κ3) is 4.45. The van der Waals surface area contributed by atoms with E-state index in [4.69, 9.17) is 4.74 Å². The average molecular weight is 370 g/mol. The fourth-order valence-corrected chi connectivity index (χ4v) is 3.31. The molecule has 2 amide bonds. The number of nitrogens with one attached hydrogen (secondary N) is 1. The van der Waals surface area contributed by atoms with Crippen molar-refractivity contribution in [1.82, 2.24) is 4.90 Å². The molecule has 0 saturated carbocycles. The first-order chi connectivity index (χ1) is 13.0. The minimum absolute atomic E-state index is 0.0677. The van der Waals surface area contributed by atoms with Crippen LogP contribution < -0.4 is 10.1 Å². The van der Waals surface area contributed by atoms with Gasteiger partial charge in [0, 0.05) is 13.0 Å². The Balaban J connectivity index is 1.79. The number of carbonyl (C=O) groups excluding carboxylic acids is 2. The van der Waals surface area contributed by atoms with Gasteiger partial charge in [0.2, 0.25) is 11.8 Å². The zero-order valence-electron chi connectivity index (χ0n) is 15.5. The number of hydrogen-bond acceptors (Lipinski definition) is 3. The van der Waals surface area contributed by atoms with Crippen LogP contribution in [0.2, 0.25) is 0 Å².